The van der Waals surface area contributed by atoms with Crippen molar-refractivity contribution in [3.8, 4) is 0 Å². The van der Waals surface area contributed by atoms with Gasteiger partial charge in [0.1, 0.15) is 15.8 Å². The van der Waals surface area contributed by atoms with Crippen molar-refractivity contribution >= 4 is 58.1 Å². The molecule has 2 bridgehead atoms. The number of rotatable bonds is 7. The van der Waals surface area contributed by atoms with Gasteiger partial charge in [0, 0.05) is 6.42 Å². The van der Waals surface area contributed by atoms with Crippen LogP contribution in [0.25, 0.3) is 0 Å². The summed E-state index contributed by atoms with van der Waals surface area (Å²) in [5.41, 5.74) is 3.42. The van der Waals surface area contributed by atoms with Crippen molar-refractivity contribution in [2.45, 2.75) is 22.2 Å². The normalized spacial score (nSPS) is 25.9. The molecule has 2 heterocycles. The third kappa shape index (κ3) is 3.70. The van der Waals surface area contributed by atoms with Gasteiger partial charge in [-0.05, 0) is 39.3 Å². The lowest BCUT2D eigenvalue weighted by atomic mass is 9.54. The van der Waals surface area contributed by atoms with Crippen LogP contribution >= 0.6 is 34.5 Å². The van der Waals surface area contributed by atoms with Gasteiger partial charge in [-0.3, -0.25) is 19.3 Å². The van der Waals surface area contributed by atoms with Gasteiger partial charge in [0.25, 0.3) is 0 Å². The molecule has 210 valence electrons. The van der Waals surface area contributed by atoms with Crippen molar-refractivity contribution in [1.29, 1.82) is 0 Å². The third-order valence-corrected chi connectivity index (χ3v) is 10.8. The number of halogens is 2. The van der Waals surface area contributed by atoms with Crippen LogP contribution in [0.1, 0.15) is 37.5 Å². The summed E-state index contributed by atoms with van der Waals surface area (Å²) in [7, 11) is 0. The van der Waals surface area contributed by atoms with Crippen LogP contribution in [-0.2, 0) is 35.3 Å². The van der Waals surface area contributed by atoms with Crippen LogP contribution in [0, 0.1) is 11.8 Å². The third-order valence-electron chi connectivity index (χ3n) is 8.62. The van der Waals surface area contributed by atoms with E-state index in [1.54, 1.807) is 41.8 Å². The van der Waals surface area contributed by atoms with Crippen molar-refractivity contribution < 1.29 is 23.9 Å². The van der Waals surface area contributed by atoms with Gasteiger partial charge in [-0.15, -0.1) is 34.5 Å². The van der Waals surface area contributed by atoms with Crippen LogP contribution in [0.15, 0.2) is 96.4 Å². The van der Waals surface area contributed by atoms with Gasteiger partial charge in [0.15, 0.2) is 6.61 Å². The Kier molecular flexibility index (Phi) is 6.38. The average Bonchev–Trinajstić information content (AvgIpc) is 3.65. The number of ether oxygens (including phenoxy) is 1. The minimum absolute atomic E-state index is 0.00819. The fourth-order valence-corrected chi connectivity index (χ4v) is 8.60. The summed E-state index contributed by atoms with van der Waals surface area (Å²) < 4.78 is 5.47. The number of carbonyl (C=O) groups excluding carboxylic acids is 4. The molecule has 1 saturated heterocycles. The van der Waals surface area contributed by atoms with Gasteiger partial charge < -0.3 is 4.74 Å². The topological polar surface area (TPSA) is 80.8 Å². The molecule has 9 heteroatoms. The van der Waals surface area contributed by atoms with Crippen molar-refractivity contribution in [3.63, 3.8) is 0 Å². The number of carbonyl (C=O) groups is 4. The number of alkyl halides is 2. The molecule has 0 saturated carbocycles. The molecule has 3 aromatic carbocycles. The Balaban J connectivity index is 1.31. The number of nitrogens with zero attached hydrogens (tertiary/aromatic N) is 1. The first-order valence-corrected chi connectivity index (χ1v) is 15.1. The molecule has 6 nitrogen and oxygen atoms in total. The fraction of sp³-hybridized carbons (Fsp3) is 0.212. The number of likely N-dealkylation sites (tertiary alicyclic amines) is 1. The molecule has 0 spiro atoms. The van der Waals surface area contributed by atoms with Crippen LogP contribution in [0.5, 0.6) is 0 Å². The summed E-state index contributed by atoms with van der Waals surface area (Å²) in [6, 6.07) is 25.8. The van der Waals surface area contributed by atoms with Crippen LogP contribution < -0.4 is 0 Å². The summed E-state index contributed by atoms with van der Waals surface area (Å²) in [6.07, 6.45) is 0.00819. The molecule has 42 heavy (non-hydrogen) atoms. The van der Waals surface area contributed by atoms with Crippen molar-refractivity contribution in [1.82, 2.24) is 4.90 Å². The Morgan fingerprint density at radius 1 is 0.762 bits per heavy atom. The molecule has 3 atom stereocenters. The lowest BCUT2D eigenvalue weighted by Crippen LogP contribution is -2.57. The maximum Gasteiger partial charge on any atom is 0.330 e. The van der Waals surface area contributed by atoms with Gasteiger partial charge in [0.2, 0.25) is 17.6 Å². The van der Waals surface area contributed by atoms with Crippen molar-refractivity contribution in [2.75, 3.05) is 6.61 Å². The lowest BCUT2D eigenvalue weighted by molar-refractivity contribution is -0.158. The number of imide groups is 1. The minimum atomic E-state index is -1.37. The number of hydrogen-bond donors (Lipinski definition) is 0. The van der Waals surface area contributed by atoms with E-state index >= 15 is 0 Å². The highest BCUT2D eigenvalue weighted by Crippen LogP contribution is 2.69. The number of hydrogen-bond acceptors (Lipinski definition) is 6. The van der Waals surface area contributed by atoms with Gasteiger partial charge in [0.05, 0.1) is 16.7 Å². The molecule has 2 amide bonds. The second-order valence-corrected chi connectivity index (χ2v) is 12.9. The SMILES string of the molecule is O=C(COC(=O)[C@H](Cc1ccccc1)N1C(=O)[C@H]2[C@H](C1=O)C1(Cl)c3ccccc3C2(Cl)c2ccccc21)c1cccs1. The predicted octanol–water partition coefficient (Wildman–Crippen LogP) is 5.68. The molecule has 1 aliphatic heterocycles. The number of Topliss-reactive ketones (excluding diaryl/α,β-unsaturated/α-hetero) is 1. The first kappa shape index (κ1) is 27.1. The first-order chi connectivity index (χ1) is 20.3. The number of ketones is 1. The molecular weight excluding hydrogens is 593 g/mol. The Morgan fingerprint density at radius 3 is 1.74 bits per heavy atom. The van der Waals surface area contributed by atoms with Crippen molar-refractivity contribution in [2.24, 2.45) is 11.8 Å². The van der Waals surface area contributed by atoms with Gasteiger partial charge in [-0.2, -0.15) is 0 Å². The summed E-state index contributed by atoms with van der Waals surface area (Å²) in [4.78, 5) is 53.9. The maximum absolute atomic E-state index is 14.5. The smallest absolute Gasteiger partial charge is 0.330 e. The van der Waals surface area contributed by atoms with E-state index in [1.807, 2.05) is 54.6 Å². The zero-order valence-corrected chi connectivity index (χ0v) is 24.4. The Labute approximate surface area is 255 Å². The number of thiophene rings is 1. The molecular formula is C33H23Cl2NO5S. The van der Waals surface area contributed by atoms with Gasteiger partial charge in [-0.1, -0.05) is 84.9 Å². The zero-order valence-electron chi connectivity index (χ0n) is 22.0. The van der Waals surface area contributed by atoms with Crippen LogP contribution in [0.3, 0.4) is 0 Å². The molecule has 0 N–H and O–H groups in total. The number of amides is 2. The molecule has 0 radical (unpaired) electrons. The summed E-state index contributed by atoms with van der Waals surface area (Å²) in [5.74, 6) is -4.49. The molecule has 4 aromatic rings. The fourth-order valence-electron chi connectivity index (χ4n) is 6.85. The molecule has 0 unspecified atom stereocenters. The summed E-state index contributed by atoms with van der Waals surface area (Å²) in [5, 5.41) is 1.75. The molecule has 3 aliphatic carbocycles. The summed E-state index contributed by atoms with van der Waals surface area (Å²) >= 11 is 16.3. The van der Waals surface area contributed by atoms with Crippen LogP contribution in [-0.4, -0.2) is 41.1 Å². The maximum atomic E-state index is 14.5. The highest BCUT2D eigenvalue weighted by atomic mass is 35.5. The lowest BCUT2D eigenvalue weighted by Gasteiger charge is -2.54. The molecule has 1 aromatic heterocycles. The zero-order chi connectivity index (χ0) is 29.2. The molecule has 8 rings (SSSR count). The van der Waals surface area contributed by atoms with E-state index in [4.69, 9.17) is 27.9 Å². The van der Waals surface area contributed by atoms with E-state index < -0.39 is 52.0 Å². The Bertz CT molecular complexity index is 1630. The first-order valence-electron chi connectivity index (χ1n) is 13.5. The standard InChI is InChI=1S/C33H23Cl2NO5S/c34-32-20-11-4-5-12-21(20)33(35,23-14-7-6-13-22(23)32)28-27(32)29(38)36(30(28)39)24(17-19-9-2-1-3-10-19)31(40)41-18-25(37)26-15-8-16-42-26/h1-16,24,27-28H,17-18H2/t24-,27+,28+,32?,33?/m0/s1. The van der Waals surface area contributed by atoms with E-state index in [-0.39, 0.29) is 12.2 Å². The van der Waals surface area contributed by atoms with E-state index in [1.165, 1.54) is 11.3 Å². The Hall–Kier alpha value is -3.78. The molecule has 1 fully saturated rings. The van der Waals surface area contributed by atoms with Gasteiger partial charge in [-0.25, -0.2) is 4.79 Å². The van der Waals surface area contributed by atoms with E-state index in [2.05, 4.69) is 0 Å². The van der Waals surface area contributed by atoms with Crippen LogP contribution in [0.4, 0.5) is 0 Å². The summed E-state index contributed by atoms with van der Waals surface area (Å²) in [6.45, 7) is -0.510. The number of esters is 1. The monoisotopic (exact) mass is 615 g/mol. The highest BCUT2D eigenvalue weighted by molar-refractivity contribution is 7.12. The Morgan fingerprint density at radius 2 is 1.26 bits per heavy atom. The van der Waals surface area contributed by atoms with Gasteiger partial charge >= 0.3 is 5.97 Å². The largest absolute Gasteiger partial charge is 0.456 e. The second kappa shape index (κ2) is 9.90. The minimum Gasteiger partial charge on any atom is -0.456 e. The van der Waals surface area contributed by atoms with E-state index in [0.29, 0.717) is 27.1 Å². The average molecular weight is 617 g/mol. The van der Waals surface area contributed by atoms with Crippen molar-refractivity contribution in [3.05, 3.63) is 129 Å². The van der Waals surface area contributed by atoms with E-state index in [9.17, 15) is 19.2 Å². The molecule has 4 aliphatic rings. The number of benzene rings is 3. The van der Waals surface area contributed by atoms with Crippen LogP contribution in [0.2, 0.25) is 0 Å². The van der Waals surface area contributed by atoms with E-state index in [0.717, 1.165) is 10.5 Å². The second-order valence-electron chi connectivity index (χ2n) is 10.7. The quantitative estimate of drug-likeness (QED) is 0.116. The predicted molar refractivity (Wildman–Crippen MR) is 159 cm³/mol. The highest BCUT2D eigenvalue weighted by Gasteiger charge is 2.73.